The van der Waals surface area contributed by atoms with E-state index in [-0.39, 0.29) is 6.04 Å². The van der Waals surface area contributed by atoms with Crippen LogP contribution in [0.2, 0.25) is 0 Å². The highest BCUT2D eigenvalue weighted by Gasteiger charge is 2.04. The summed E-state index contributed by atoms with van der Waals surface area (Å²) in [6.07, 6.45) is 0. The van der Waals surface area contributed by atoms with Gasteiger partial charge in [0, 0.05) is 12.6 Å². The molecule has 0 fully saturated rings. The van der Waals surface area contributed by atoms with Gasteiger partial charge in [0.1, 0.15) is 5.75 Å². The molecule has 84 valence electrons. The summed E-state index contributed by atoms with van der Waals surface area (Å²) in [5.74, 6) is 0.864. The third-order valence-corrected chi connectivity index (χ3v) is 2.75. The smallest absolute Gasteiger partial charge is 0.119 e. The van der Waals surface area contributed by atoms with Crippen LogP contribution in [0.15, 0.2) is 36.4 Å². The Morgan fingerprint density at radius 3 is 2.50 bits per heavy atom. The monoisotopic (exact) mass is 216 g/mol. The number of nitrogens with two attached hydrogens (primary N) is 2. The van der Waals surface area contributed by atoms with Crippen molar-refractivity contribution in [3.05, 3.63) is 42.0 Å². The van der Waals surface area contributed by atoms with Gasteiger partial charge in [0.25, 0.3) is 0 Å². The molecular formula is C13H16N2O. The minimum atomic E-state index is -0.0912. The van der Waals surface area contributed by atoms with Gasteiger partial charge in [-0.3, -0.25) is 0 Å². The summed E-state index contributed by atoms with van der Waals surface area (Å²) in [4.78, 5) is 0. The van der Waals surface area contributed by atoms with Crippen LogP contribution in [-0.2, 0) is 0 Å². The maximum atomic E-state index is 5.89. The van der Waals surface area contributed by atoms with E-state index < -0.39 is 0 Å². The Kier molecular flexibility index (Phi) is 3.08. The minimum Gasteiger partial charge on any atom is -0.497 e. The van der Waals surface area contributed by atoms with Gasteiger partial charge < -0.3 is 16.2 Å². The first-order chi connectivity index (χ1) is 7.74. The number of ether oxygens (including phenoxy) is 1. The van der Waals surface area contributed by atoms with Gasteiger partial charge in [-0.1, -0.05) is 18.2 Å². The van der Waals surface area contributed by atoms with Crippen molar-refractivity contribution >= 4 is 10.8 Å². The Bertz CT molecular complexity index is 496. The summed E-state index contributed by atoms with van der Waals surface area (Å²) in [6.45, 7) is 0.460. The van der Waals surface area contributed by atoms with Crippen LogP contribution < -0.4 is 16.2 Å². The lowest BCUT2D eigenvalue weighted by molar-refractivity contribution is 0.415. The molecule has 0 saturated carbocycles. The fourth-order valence-electron chi connectivity index (χ4n) is 1.74. The summed E-state index contributed by atoms with van der Waals surface area (Å²) in [6, 6.07) is 12.0. The van der Waals surface area contributed by atoms with Crippen molar-refractivity contribution in [2.75, 3.05) is 13.7 Å². The third kappa shape index (κ3) is 2.01. The molecule has 0 aliphatic carbocycles. The standard InChI is InChI=1S/C13H16N2O/c1-16-12-5-4-9-6-11(13(15)8-14)3-2-10(9)7-12/h2-7,13H,8,14-15H2,1H3. The van der Waals surface area contributed by atoms with E-state index in [1.807, 2.05) is 30.3 Å². The Morgan fingerprint density at radius 1 is 1.12 bits per heavy atom. The SMILES string of the molecule is COc1ccc2cc(C(N)CN)ccc2c1. The molecular weight excluding hydrogens is 200 g/mol. The van der Waals surface area contributed by atoms with Crippen LogP contribution in [-0.4, -0.2) is 13.7 Å². The van der Waals surface area contributed by atoms with Crippen LogP contribution in [0.25, 0.3) is 10.8 Å². The fourth-order valence-corrected chi connectivity index (χ4v) is 1.74. The second-order valence-electron chi connectivity index (χ2n) is 3.81. The van der Waals surface area contributed by atoms with E-state index in [1.54, 1.807) is 7.11 Å². The molecule has 1 unspecified atom stereocenters. The number of hydrogen-bond acceptors (Lipinski definition) is 3. The highest BCUT2D eigenvalue weighted by Crippen LogP contribution is 2.23. The molecule has 3 nitrogen and oxygen atoms in total. The molecule has 0 saturated heterocycles. The Hall–Kier alpha value is -1.58. The number of benzene rings is 2. The van der Waals surface area contributed by atoms with E-state index in [1.165, 1.54) is 0 Å². The zero-order valence-electron chi connectivity index (χ0n) is 9.31. The predicted molar refractivity (Wildman–Crippen MR) is 66.5 cm³/mol. The van der Waals surface area contributed by atoms with Gasteiger partial charge >= 0.3 is 0 Å². The van der Waals surface area contributed by atoms with E-state index in [0.29, 0.717) is 6.54 Å². The quantitative estimate of drug-likeness (QED) is 0.822. The van der Waals surface area contributed by atoms with Crippen molar-refractivity contribution in [2.24, 2.45) is 11.5 Å². The molecule has 2 rings (SSSR count). The summed E-state index contributed by atoms with van der Waals surface area (Å²) in [7, 11) is 1.67. The molecule has 0 radical (unpaired) electrons. The van der Waals surface area contributed by atoms with Crippen LogP contribution >= 0.6 is 0 Å². The molecule has 2 aromatic carbocycles. The van der Waals surface area contributed by atoms with Gasteiger partial charge in [0.05, 0.1) is 7.11 Å². The molecule has 1 atom stereocenters. The predicted octanol–water partition coefficient (Wildman–Crippen LogP) is 1.81. The third-order valence-electron chi connectivity index (χ3n) is 2.75. The summed E-state index contributed by atoms with van der Waals surface area (Å²) in [5.41, 5.74) is 12.5. The van der Waals surface area contributed by atoms with Gasteiger partial charge in [-0.15, -0.1) is 0 Å². The lowest BCUT2D eigenvalue weighted by Crippen LogP contribution is -2.20. The lowest BCUT2D eigenvalue weighted by atomic mass is 10.0. The average molecular weight is 216 g/mol. The van der Waals surface area contributed by atoms with Gasteiger partial charge in [0.2, 0.25) is 0 Å². The summed E-state index contributed by atoms with van der Waals surface area (Å²) < 4.78 is 5.18. The normalized spacial score (nSPS) is 12.7. The van der Waals surface area contributed by atoms with Crippen molar-refractivity contribution < 1.29 is 4.74 Å². The maximum Gasteiger partial charge on any atom is 0.119 e. The molecule has 16 heavy (non-hydrogen) atoms. The lowest BCUT2D eigenvalue weighted by Gasteiger charge is -2.10. The van der Waals surface area contributed by atoms with E-state index in [2.05, 4.69) is 6.07 Å². The van der Waals surface area contributed by atoms with Crippen LogP contribution in [0, 0.1) is 0 Å². The number of rotatable bonds is 3. The fraction of sp³-hybridized carbons (Fsp3) is 0.231. The van der Waals surface area contributed by atoms with Crippen molar-refractivity contribution in [3.8, 4) is 5.75 Å². The zero-order chi connectivity index (χ0) is 11.5. The number of methoxy groups -OCH3 is 1. The van der Waals surface area contributed by atoms with Gasteiger partial charge in [-0.05, 0) is 34.5 Å². The molecule has 0 bridgehead atoms. The van der Waals surface area contributed by atoms with E-state index in [0.717, 1.165) is 22.1 Å². The van der Waals surface area contributed by atoms with E-state index >= 15 is 0 Å². The number of fused-ring (bicyclic) bond motifs is 1. The van der Waals surface area contributed by atoms with Crippen LogP contribution in [0.3, 0.4) is 0 Å². The van der Waals surface area contributed by atoms with Crippen LogP contribution in [0.5, 0.6) is 5.75 Å². The van der Waals surface area contributed by atoms with Crippen LogP contribution in [0.4, 0.5) is 0 Å². The molecule has 3 heteroatoms. The topological polar surface area (TPSA) is 61.3 Å². The average Bonchev–Trinajstić information content (AvgIpc) is 2.36. The van der Waals surface area contributed by atoms with Crippen molar-refractivity contribution in [1.29, 1.82) is 0 Å². The first-order valence-corrected chi connectivity index (χ1v) is 5.28. The van der Waals surface area contributed by atoms with E-state index in [4.69, 9.17) is 16.2 Å². The summed E-state index contributed by atoms with van der Waals surface area (Å²) in [5, 5.41) is 2.30. The van der Waals surface area contributed by atoms with Gasteiger partial charge in [-0.25, -0.2) is 0 Å². The largest absolute Gasteiger partial charge is 0.497 e. The van der Waals surface area contributed by atoms with Gasteiger partial charge in [0.15, 0.2) is 0 Å². The molecule has 0 aliphatic heterocycles. The highest BCUT2D eigenvalue weighted by atomic mass is 16.5. The van der Waals surface area contributed by atoms with Crippen molar-refractivity contribution in [2.45, 2.75) is 6.04 Å². The van der Waals surface area contributed by atoms with Gasteiger partial charge in [-0.2, -0.15) is 0 Å². The molecule has 0 spiro atoms. The number of hydrogen-bond donors (Lipinski definition) is 2. The molecule has 0 heterocycles. The Balaban J connectivity index is 2.47. The molecule has 0 aliphatic rings. The molecule has 2 aromatic rings. The highest BCUT2D eigenvalue weighted by molar-refractivity contribution is 5.84. The molecule has 4 N–H and O–H groups in total. The maximum absolute atomic E-state index is 5.89. The summed E-state index contributed by atoms with van der Waals surface area (Å²) >= 11 is 0. The minimum absolute atomic E-state index is 0.0912. The second kappa shape index (κ2) is 4.51. The zero-order valence-corrected chi connectivity index (χ0v) is 9.31. The molecule has 0 amide bonds. The molecule has 0 aromatic heterocycles. The first kappa shape index (κ1) is 10.9. The van der Waals surface area contributed by atoms with Crippen molar-refractivity contribution in [3.63, 3.8) is 0 Å². The first-order valence-electron chi connectivity index (χ1n) is 5.28. The van der Waals surface area contributed by atoms with E-state index in [9.17, 15) is 0 Å². The Morgan fingerprint density at radius 2 is 1.81 bits per heavy atom. The second-order valence-corrected chi connectivity index (χ2v) is 3.81. The Labute approximate surface area is 95.0 Å². The van der Waals surface area contributed by atoms with Crippen LogP contribution in [0.1, 0.15) is 11.6 Å². The van der Waals surface area contributed by atoms with Crippen molar-refractivity contribution in [1.82, 2.24) is 0 Å².